The highest BCUT2D eigenvalue weighted by atomic mass is 16.5. The van der Waals surface area contributed by atoms with Crippen molar-refractivity contribution >= 4 is 28.5 Å². The van der Waals surface area contributed by atoms with Gasteiger partial charge >= 0.3 is 0 Å². The highest BCUT2D eigenvalue weighted by molar-refractivity contribution is 5.95. The smallest absolute Gasteiger partial charge is 0.251 e. The van der Waals surface area contributed by atoms with Crippen LogP contribution in [0.15, 0.2) is 72.8 Å². The highest BCUT2D eigenvalue weighted by Crippen LogP contribution is 2.19. The van der Waals surface area contributed by atoms with Crippen molar-refractivity contribution in [1.82, 2.24) is 14.9 Å². The van der Waals surface area contributed by atoms with Crippen LogP contribution in [0.5, 0.6) is 5.75 Å². The number of methoxy groups -OCH3 is 1. The molecule has 174 valence electrons. The molecule has 4 rings (SSSR count). The number of carbonyl (C=O) groups excluding carboxylic acids is 2. The zero-order valence-electron chi connectivity index (χ0n) is 19.4. The van der Waals surface area contributed by atoms with Crippen molar-refractivity contribution < 1.29 is 14.3 Å². The van der Waals surface area contributed by atoms with Gasteiger partial charge in [-0.3, -0.25) is 9.59 Å². The topological polar surface area (TPSA) is 85.2 Å². The van der Waals surface area contributed by atoms with E-state index in [1.54, 1.807) is 31.4 Å². The Balaban J connectivity index is 1.41. The number of imidazole rings is 1. The molecule has 0 aliphatic heterocycles. The van der Waals surface area contributed by atoms with Crippen molar-refractivity contribution in [2.75, 3.05) is 19.0 Å². The summed E-state index contributed by atoms with van der Waals surface area (Å²) in [7, 11) is 1.60. The van der Waals surface area contributed by atoms with E-state index in [2.05, 4.69) is 10.6 Å². The monoisotopic (exact) mass is 456 g/mol. The zero-order valence-corrected chi connectivity index (χ0v) is 19.4. The number of aromatic nitrogens is 2. The molecule has 0 atom stereocenters. The van der Waals surface area contributed by atoms with Crippen LogP contribution in [0.4, 0.5) is 5.69 Å². The average Bonchev–Trinajstić information content (AvgIpc) is 3.19. The van der Waals surface area contributed by atoms with Crippen molar-refractivity contribution in [3.05, 3.63) is 89.7 Å². The lowest BCUT2D eigenvalue weighted by Gasteiger charge is -2.11. The number of benzene rings is 3. The number of carbonyl (C=O) groups is 2. The van der Waals surface area contributed by atoms with Crippen molar-refractivity contribution in [2.24, 2.45) is 0 Å². The van der Waals surface area contributed by atoms with E-state index >= 15 is 0 Å². The van der Waals surface area contributed by atoms with Crippen LogP contribution >= 0.6 is 0 Å². The molecule has 0 radical (unpaired) electrons. The summed E-state index contributed by atoms with van der Waals surface area (Å²) >= 11 is 0. The number of fused-ring (bicyclic) bond motifs is 1. The van der Waals surface area contributed by atoms with E-state index < -0.39 is 0 Å². The molecule has 0 saturated carbocycles. The van der Waals surface area contributed by atoms with E-state index in [1.165, 1.54) is 0 Å². The van der Waals surface area contributed by atoms with E-state index in [4.69, 9.17) is 9.72 Å². The number of hydrogen-bond acceptors (Lipinski definition) is 4. The Bertz CT molecular complexity index is 1290. The summed E-state index contributed by atoms with van der Waals surface area (Å²) in [6, 6.07) is 22.5. The van der Waals surface area contributed by atoms with Crippen molar-refractivity contribution in [2.45, 2.75) is 26.3 Å². The third kappa shape index (κ3) is 5.43. The molecule has 7 nitrogen and oxygen atoms in total. The first-order valence-electron chi connectivity index (χ1n) is 11.3. The predicted octanol–water partition coefficient (Wildman–Crippen LogP) is 4.35. The number of anilines is 1. The lowest BCUT2D eigenvalue weighted by molar-refractivity contribution is -0.116. The average molecular weight is 457 g/mol. The second-order valence-corrected chi connectivity index (χ2v) is 8.05. The number of nitrogens with one attached hydrogen (secondary N) is 2. The van der Waals surface area contributed by atoms with Crippen LogP contribution in [0, 0.1) is 6.92 Å². The zero-order chi connectivity index (χ0) is 23.9. The summed E-state index contributed by atoms with van der Waals surface area (Å²) in [5.41, 5.74) is 4.09. The van der Waals surface area contributed by atoms with Crippen LogP contribution in [0.25, 0.3) is 11.0 Å². The summed E-state index contributed by atoms with van der Waals surface area (Å²) in [4.78, 5) is 30.0. The lowest BCUT2D eigenvalue weighted by Crippen LogP contribution is -2.26. The van der Waals surface area contributed by atoms with Crippen LogP contribution in [0.3, 0.4) is 0 Å². The fourth-order valence-electron chi connectivity index (χ4n) is 3.88. The third-order valence-electron chi connectivity index (χ3n) is 5.66. The molecule has 0 fully saturated rings. The molecule has 1 heterocycles. The fourth-order valence-corrected chi connectivity index (χ4v) is 3.88. The second-order valence-electron chi connectivity index (χ2n) is 8.05. The van der Waals surface area contributed by atoms with Gasteiger partial charge in [-0.15, -0.1) is 0 Å². The molecule has 0 unspecified atom stereocenters. The van der Waals surface area contributed by atoms with Gasteiger partial charge in [0, 0.05) is 24.2 Å². The molecule has 3 aromatic carbocycles. The van der Waals surface area contributed by atoms with Crippen LogP contribution < -0.4 is 15.4 Å². The van der Waals surface area contributed by atoms with Crippen LogP contribution in [0.2, 0.25) is 0 Å². The number of aryl methyl sites for hydroxylation is 2. The molecule has 1 aromatic heterocycles. The molecule has 0 aliphatic rings. The fraction of sp³-hybridized carbons (Fsp3) is 0.222. The molecule has 0 aliphatic carbocycles. The molecule has 2 amide bonds. The molecule has 2 N–H and O–H groups in total. The van der Waals surface area contributed by atoms with Gasteiger partial charge in [0.15, 0.2) is 0 Å². The van der Waals surface area contributed by atoms with Gasteiger partial charge in [-0.1, -0.05) is 30.3 Å². The molecular formula is C27H28N4O3. The minimum atomic E-state index is -0.137. The number of amides is 2. The maximum Gasteiger partial charge on any atom is 0.251 e. The van der Waals surface area contributed by atoms with Crippen molar-refractivity contribution in [3.8, 4) is 5.75 Å². The Hall–Kier alpha value is -4.13. The largest absolute Gasteiger partial charge is 0.497 e. The van der Waals surface area contributed by atoms with Crippen molar-refractivity contribution in [3.63, 3.8) is 0 Å². The van der Waals surface area contributed by atoms with Gasteiger partial charge in [0.2, 0.25) is 5.91 Å². The SMILES string of the molecule is COc1ccc(NC(=O)Cn2c(CCCNC(=O)c3ccccc3C)nc3ccccc32)cc1. The van der Waals surface area contributed by atoms with E-state index in [1.807, 2.05) is 60.0 Å². The second kappa shape index (κ2) is 10.7. The van der Waals surface area contributed by atoms with Gasteiger partial charge in [0.1, 0.15) is 18.1 Å². The molecule has 0 bridgehead atoms. The van der Waals surface area contributed by atoms with Gasteiger partial charge < -0.3 is 19.9 Å². The molecule has 4 aromatic rings. The number of rotatable bonds is 9. The standard InChI is InChI=1S/C27H28N4O3/c1-19-8-3-4-9-22(19)27(33)28-17-7-12-25-30-23-10-5-6-11-24(23)31(25)18-26(32)29-20-13-15-21(34-2)16-14-20/h3-6,8-11,13-16H,7,12,17-18H2,1-2H3,(H,28,33)(H,29,32). The molecule has 7 heteroatoms. The van der Waals surface area contributed by atoms with E-state index in [0.717, 1.165) is 28.2 Å². The van der Waals surface area contributed by atoms with Gasteiger partial charge in [0.25, 0.3) is 5.91 Å². The quantitative estimate of drug-likeness (QED) is 0.367. The Morgan fingerprint density at radius 3 is 2.47 bits per heavy atom. The predicted molar refractivity (Wildman–Crippen MR) is 133 cm³/mol. The Morgan fingerprint density at radius 1 is 0.971 bits per heavy atom. The maximum atomic E-state index is 12.8. The lowest BCUT2D eigenvalue weighted by atomic mass is 10.1. The Morgan fingerprint density at radius 2 is 1.71 bits per heavy atom. The first kappa shape index (κ1) is 23.0. The van der Waals surface area contributed by atoms with Gasteiger partial charge in [-0.05, 0) is 61.4 Å². The minimum absolute atomic E-state index is 0.0783. The number of para-hydroxylation sites is 2. The summed E-state index contributed by atoms with van der Waals surface area (Å²) < 4.78 is 7.11. The molecule has 0 spiro atoms. The number of hydrogen-bond donors (Lipinski definition) is 2. The van der Waals surface area contributed by atoms with E-state index in [0.29, 0.717) is 30.6 Å². The number of ether oxygens (including phenoxy) is 1. The molecule has 34 heavy (non-hydrogen) atoms. The summed E-state index contributed by atoms with van der Waals surface area (Å²) in [5.74, 6) is 1.33. The first-order valence-corrected chi connectivity index (χ1v) is 11.3. The van der Waals surface area contributed by atoms with Gasteiger partial charge in [-0.2, -0.15) is 0 Å². The van der Waals surface area contributed by atoms with Crippen LogP contribution in [-0.2, 0) is 17.8 Å². The number of nitrogens with zero attached hydrogens (tertiary/aromatic N) is 2. The summed E-state index contributed by atoms with van der Waals surface area (Å²) in [6.07, 6.45) is 1.35. The normalized spacial score (nSPS) is 10.8. The highest BCUT2D eigenvalue weighted by Gasteiger charge is 2.14. The van der Waals surface area contributed by atoms with Gasteiger partial charge in [0.05, 0.1) is 18.1 Å². The van der Waals surface area contributed by atoms with E-state index in [-0.39, 0.29) is 18.4 Å². The summed E-state index contributed by atoms with van der Waals surface area (Å²) in [5, 5.41) is 5.91. The molecule has 0 saturated heterocycles. The minimum Gasteiger partial charge on any atom is -0.497 e. The molecular weight excluding hydrogens is 428 g/mol. The van der Waals surface area contributed by atoms with Crippen molar-refractivity contribution in [1.29, 1.82) is 0 Å². The Kier molecular flexibility index (Phi) is 7.22. The van der Waals surface area contributed by atoms with Crippen LogP contribution in [-0.4, -0.2) is 35.0 Å². The van der Waals surface area contributed by atoms with Crippen LogP contribution in [0.1, 0.15) is 28.2 Å². The Labute approximate surface area is 198 Å². The summed E-state index contributed by atoms with van der Waals surface area (Å²) in [6.45, 7) is 2.60. The van der Waals surface area contributed by atoms with Gasteiger partial charge in [-0.25, -0.2) is 4.98 Å². The maximum absolute atomic E-state index is 12.8. The first-order chi connectivity index (χ1) is 16.5. The third-order valence-corrected chi connectivity index (χ3v) is 5.66. The van der Waals surface area contributed by atoms with E-state index in [9.17, 15) is 9.59 Å².